The number of likely N-dealkylation sites (tertiary alicyclic amines) is 3. The first-order valence-corrected chi connectivity index (χ1v) is 20.4. The van der Waals surface area contributed by atoms with Crippen molar-refractivity contribution in [3.8, 4) is 0 Å². The predicted molar refractivity (Wildman–Crippen MR) is 209 cm³/mol. The lowest BCUT2D eigenvalue weighted by Crippen LogP contribution is -2.39. The van der Waals surface area contributed by atoms with Gasteiger partial charge in [-0.3, -0.25) is 53.1 Å². The molecular formula is C42H72N4O8. The minimum atomic E-state index is -0.196. The van der Waals surface area contributed by atoms with Crippen molar-refractivity contribution in [2.24, 2.45) is 53.3 Å². The summed E-state index contributed by atoms with van der Waals surface area (Å²) < 4.78 is 0. The lowest BCUT2D eigenvalue weighted by atomic mass is 9.94. The van der Waals surface area contributed by atoms with Crippen molar-refractivity contribution in [1.82, 2.24) is 20.0 Å². The number of imide groups is 3. The van der Waals surface area contributed by atoms with Crippen LogP contribution in [0.1, 0.15) is 141 Å². The molecule has 0 aromatic heterocycles. The Morgan fingerprint density at radius 2 is 0.926 bits per heavy atom. The van der Waals surface area contributed by atoms with Crippen molar-refractivity contribution in [3.05, 3.63) is 0 Å². The maximum atomic E-state index is 12.1. The quantitative estimate of drug-likeness (QED) is 0.166. The van der Waals surface area contributed by atoms with Crippen LogP contribution in [0.25, 0.3) is 0 Å². The maximum Gasteiger partial charge on any atom is 0.233 e. The molecule has 3 fully saturated rings. The van der Waals surface area contributed by atoms with Crippen molar-refractivity contribution in [2.45, 2.75) is 141 Å². The Morgan fingerprint density at radius 1 is 0.537 bits per heavy atom. The summed E-state index contributed by atoms with van der Waals surface area (Å²) in [7, 11) is 0. The van der Waals surface area contributed by atoms with Crippen LogP contribution in [0.2, 0.25) is 0 Å². The molecule has 12 heteroatoms. The van der Waals surface area contributed by atoms with E-state index >= 15 is 0 Å². The molecule has 54 heavy (non-hydrogen) atoms. The molecule has 12 nitrogen and oxygen atoms in total. The normalized spacial score (nSPS) is 20.3. The third kappa shape index (κ3) is 16.1. The molecule has 7 amide bonds. The molecule has 0 radical (unpaired) electrons. The van der Waals surface area contributed by atoms with Gasteiger partial charge in [-0.05, 0) is 48.3 Å². The zero-order valence-electron chi connectivity index (χ0n) is 35.5. The monoisotopic (exact) mass is 761 g/mol. The van der Waals surface area contributed by atoms with Crippen LogP contribution in [0, 0.1) is 53.3 Å². The van der Waals surface area contributed by atoms with Gasteiger partial charge in [-0.1, -0.05) is 89.5 Å². The molecule has 0 aliphatic carbocycles. The molecule has 308 valence electrons. The first-order chi connectivity index (χ1) is 25.1. The second-order valence-electron chi connectivity index (χ2n) is 17.5. The molecule has 3 saturated heterocycles. The highest BCUT2D eigenvalue weighted by atomic mass is 16.2. The van der Waals surface area contributed by atoms with E-state index in [0.717, 1.165) is 19.3 Å². The van der Waals surface area contributed by atoms with Crippen LogP contribution in [0.4, 0.5) is 0 Å². The second kappa shape index (κ2) is 23.5. The summed E-state index contributed by atoms with van der Waals surface area (Å²) >= 11 is 0. The third-order valence-corrected chi connectivity index (χ3v) is 10.3. The number of hydrogen-bond donors (Lipinski definition) is 1. The van der Waals surface area contributed by atoms with Gasteiger partial charge in [0.2, 0.25) is 41.4 Å². The zero-order chi connectivity index (χ0) is 41.4. The van der Waals surface area contributed by atoms with Crippen LogP contribution in [0.15, 0.2) is 0 Å². The first-order valence-electron chi connectivity index (χ1n) is 20.4. The smallest absolute Gasteiger partial charge is 0.233 e. The van der Waals surface area contributed by atoms with Gasteiger partial charge >= 0.3 is 0 Å². The number of carbonyl (C=O) groups is 8. The summed E-state index contributed by atoms with van der Waals surface area (Å²) in [5.74, 6) is 1.33. The molecule has 3 rings (SSSR count). The molecule has 3 atom stereocenters. The van der Waals surface area contributed by atoms with E-state index in [1.807, 2.05) is 55.4 Å². The third-order valence-electron chi connectivity index (χ3n) is 10.3. The van der Waals surface area contributed by atoms with Crippen molar-refractivity contribution in [3.63, 3.8) is 0 Å². The lowest BCUT2D eigenvalue weighted by molar-refractivity contribution is -0.141. The Bertz CT molecular complexity index is 1300. The van der Waals surface area contributed by atoms with Crippen LogP contribution in [-0.4, -0.2) is 88.0 Å². The van der Waals surface area contributed by atoms with Gasteiger partial charge < -0.3 is 5.32 Å². The molecule has 0 spiro atoms. The Balaban J connectivity index is 0.000000409. The number of rotatable bonds is 18. The number of Topliss-reactive ketones (excluding diaryl/α,β-unsaturated/α-hetero) is 1. The standard InChI is InChI=1S/C16H27NO3.C14H24N2O3.C12H21NO2/c1-11(2)6-5-7-13(18)8-9-17-15(19)10-14(12(3)4)16(17)20;1-9(2)7-12(17)15-5-6-16-13(18)8-11(10(3)4)14(16)19;1-8(2)5-6-13-11(14)7-10(9(3)4)12(13)15/h11-12,14H,5-10H2,1-4H3;9-11H,5-8H2,1-4H3,(H,15,17);8-10H,5-7H2,1-4H3. The number of nitrogens with zero attached hydrogens (tertiary/aromatic N) is 3. The maximum absolute atomic E-state index is 12.1. The zero-order valence-corrected chi connectivity index (χ0v) is 35.5. The van der Waals surface area contributed by atoms with E-state index in [9.17, 15) is 38.4 Å². The fraction of sp³-hybridized carbons (Fsp3) is 0.810. The SMILES string of the molecule is CC(C)CC(=O)NCCN1C(=O)CC(C(C)C)C1=O.CC(C)CCCC(=O)CCN1C(=O)CC(C(C)C)C1=O.CC(C)CCN1C(=O)CC(C(C)C)C1=O. The van der Waals surface area contributed by atoms with E-state index in [-0.39, 0.29) is 95.7 Å². The van der Waals surface area contributed by atoms with Crippen LogP contribution >= 0.6 is 0 Å². The van der Waals surface area contributed by atoms with Gasteiger partial charge in [-0.25, -0.2) is 0 Å². The molecule has 3 heterocycles. The summed E-state index contributed by atoms with van der Waals surface area (Å²) in [6, 6.07) is 0. The molecule has 0 aromatic carbocycles. The second-order valence-corrected chi connectivity index (χ2v) is 17.5. The lowest BCUT2D eigenvalue weighted by Gasteiger charge is -2.17. The van der Waals surface area contributed by atoms with E-state index < -0.39 is 0 Å². The Labute approximate surface area is 325 Å². The Hall–Kier alpha value is -3.44. The van der Waals surface area contributed by atoms with Gasteiger partial charge in [-0.2, -0.15) is 0 Å². The predicted octanol–water partition coefficient (Wildman–Crippen LogP) is 6.05. The Morgan fingerprint density at radius 3 is 1.28 bits per heavy atom. The van der Waals surface area contributed by atoms with Crippen LogP contribution in [-0.2, 0) is 38.4 Å². The summed E-state index contributed by atoms with van der Waals surface area (Å²) in [5, 5.41) is 2.74. The van der Waals surface area contributed by atoms with E-state index in [4.69, 9.17) is 0 Å². The first kappa shape index (κ1) is 48.6. The molecule has 3 aliphatic heterocycles. The van der Waals surface area contributed by atoms with E-state index in [1.54, 1.807) is 0 Å². The molecule has 0 bridgehead atoms. The van der Waals surface area contributed by atoms with Crippen LogP contribution in [0.3, 0.4) is 0 Å². The molecular weight excluding hydrogens is 688 g/mol. The van der Waals surface area contributed by atoms with E-state index in [0.29, 0.717) is 69.4 Å². The topological polar surface area (TPSA) is 158 Å². The highest BCUT2D eigenvalue weighted by Gasteiger charge is 2.41. The van der Waals surface area contributed by atoms with Gasteiger partial charge in [0.25, 0.3) is 0 Å². The van der Waals surface area contributed by atoms with E-state index in [2.05, 4.69) is 33.0 Å². The van der Waals surface area contributed by atoms with E-state index in [1.165, 1.54) is 14.7 Å². The molecule has 1 N–H and O–H groups in total. The van der Waals surface area contributed by atoms with Crippen molar-refractivity contribution < 1.29 is 38.4 Å². The number of nitrogens with one attached hydrogen (secondary N) is 1. The Kier molecular flexibility index (Phi) is 21.1. The van der Waals surface area contributed by atoms with Gasteiger partial charge in [0.1, 0.15) is 5.78 Å². The van der Waals surface area contributed by atoms with Crippen molar-refractivity contribution in [1.29, 1.82) is 0 Å². The summed E-state index contributed by atoms with van der Waals surface area (Å²) in [6.45, 7) is 25.7. The number of hydrogen-bond acceptors (Lipinski definition) is 8. The average molecular weight is 761 g/mol. The average Bonchev–Trinajstić information content (AvgIpc) is 3.63. The number of amides is 7. The van der Waals surface area contributed by atoms with Crippen molar-refractivity contribution in [2.75, 3.05) is 26.2 Å². The highest BCUT2D eigenvalue weighted by Crippen LogP contribution is 2.28. The number of carbonyl (C=O) groups excluding carboxylic acids is 8. The molecule has 3 unspecified atom stereocenters. The van der Waals surface area contributed by atoms with Crippen LogP contribution < -0.4 is 5.32 Å². The summed E-state index contributed by atoms with van der Waals surface area (Å²) in [6.07, 6.45) is 5.19. The molecule has 0 aromatic rings. The minimum absolute atomic E-state index is 0.0133. The van der Waals surface area contributed by atoms with Crippen LogP contribution in [0.5, 0.6) is 0 Å². The summed E-state index contributed by atoms with van der Waals surface area (Å²) in [5.41, 5.74) is 0. The highest BCUT2D eigenvalue weighted by molar-refractivity contribution is 6.05. The summed E-state index contributed by atoms with van der Waals surface area (Å²) in [4.78, 5) is 98.4. The van der Waals surface area contributed by atoms with Gasteiger partial charge in [-0.15, -0.1) is 0 Å². The molecule has 3 aliphatic rings. The molecule has 0 saturated carbocycles. The van der Waals surface area contributed by atoms with Gasteiger partial charge in [0.15, 0.2) is 0 Å². The fourth-order valence-electron chi connectivity index (χ4n) is 6.60. The van der Waals surface area contributed by atoms with Crippen molar-refractivity contribution >= 4 is 47.1 Å². The minimum Gasteiger partial charge on any atom is -0.354 e. The fourth-order valence-corrected chi connectivity index (χ4v) is 6.60. The number of ketones is 1. The van der Waals surface area contributed by atoms with Gasteiger partial charge in [0.05, 0.1) is 0 Å². The largest absolute Gasteiger partial charge is 0.354 e. The van der Waals surface area contributed by atoms with Gasteiger partial charge in [0, 0.05) is 82.5 Å².